The highest BCUT2D eigenvalue weighted by Gasteiger charge is 2.40. The van der Waals surface area contributed by atoms with Crippen molar-refractivity contribution in [3.05, 3.63) is 45.7 Å². The smallest absolute Gasteiger partial charge is 0.367 e. The van der Waals surface area contributed by atoms with E-state index in [0.29, 0.717) is 17.3 Å². The summed E-state index contributed by atoms with van der Waals surface area (Å²) in [4.78, 5) is 19.7. The molecule has 6 nitrogen and oxygen atoms in total. The van der Waals surface area contributed by atoms with Gasteiger partial charge < -0.3 is 15.4 Å². The third kappa shape index (κ3) is 4.67. The first kappa shape index (κ1) is 19.8. The normalized spacial score (nSPS) is 17.6. The third-order valence-electron chi connectivity index (χ3n) is 3.72. The Morgan fingerprint density at radius 1 is 1.30 bits per heavy atom. The molecule has 1 fully saturated rings. The molecule has 2 N–H and O–H groups in total. The average molecular weight is 421 g/mol. The Kier molecular flexibility index (Phi) is 5.85. The minimum atomic E-state index is -4.84. The maximum Gasteiger partial charge on any atom is 0.434 e. The number of nitrogens with zero attached hydrogens (tertiary/aromatic N) is 2. The monoisotopic (exact) mass is 420 g/mol. The average Bonchev–Trinajstić information content (AvgIpc) is 2.64. The number of carbonyl (C=O) groups excluding carboxylic acids is 1. The van der Waals surface area contributed by atoms with Crippen LogP contribution in [-0.4, -0.2) is 41.6 Å². The summed E-state index contributed by atoms with van der Waals surface area (Å²) in [5.74, 6) is -1.16. The molecule has 1 saturated heterocycles. The van der Waals surface area contributed by atoms with Gasteiger partial charge in [-0.2, -0.15) is 13.2 Å². The van der Waals surface area contributed by atoms with Crippen molar-refractivity contribution >= 4 is 40.6 Å². The number of ether oxygens (including phenoxy) is 1. The number of anilines is 2. The summed E-state index contributed by atoms with van der Waals surface area (Å²) >= 11 is 11.7. The highest BCUT2D eigenvalue weighted by molar-refractivity contribution is 6.42. The molecule has 2 heterocycles. The quantitative estimate of drug-likeness (QED) is 0.734. The van der Waals surface area contributed by atoms with Gasteiger partial charge >= 0.3 is 6.18 Å². The SMILES string of the molecule is O=C(c1cnc(Nc2ccc(Cl)c(Cl)c2)nc1C(F)(F)F)C1CNCCO1. The first-order chi connectivity index (χ1) is 12.8. The Morgan fingerprint density at radius 3 is 2.70 bits per heavy atom. The molecule has 3 rings (SSSR count). The minimum Gasteiger partial charge on any atom is -0.367 e. The zero-order valence-corrected chi connectivity index (χ0v) is 15.1. The number of hydrogen-bond acceptors (Lipinski definition) is 6. The highest BCUT2D eigenvalue weighted by atomic mass is 35.5. The van der Waals surface area contributed by atoms with Crippen LogP contribution in [0.2, 0.25) is 10.0 Å². The molecule has 2 aromatic rings. The number of ketones is 1. The second-order valence-electron chi connectivity index (χ2n) is 5.64. The predicted octanol–water partition coefficient (Wildman–Crippen LogP) is 3.72. The van der Waals surface area contributed by atoms with Crippen LogP contribution in [-0.2, 0) is 10.9 Å². The molecular formula is C16H13Cl2F3N4O2. The Morgan fingerprint density at radius 2 is 2.07 bits per heavy atom. The Bertz CT molecular complexity index is 858. The second-order valence-corrected chi connectivity index (χ2v) is 6.45. The highest BCUT2D eigenvalue weighted by Crippen LogP contribution is 2.32. The lowest BCUT2D eigenvalue weighted by molar-refractivity contribution is -0.141. The van der Waals surface area contributed by atoms with E-state index in [1.54, 1.807) is 0 Å². The first-order valence-electron chi connectivity index (χ1n) is 7.78. The first-order valence-corrected chi connectivity index (χ1v) is 8.54. The number of Topliss-reactive ketones (excluding diaryl/α,β-unsaturated/α-hetero) is 1. The van der Waals surface area contributed by atoms with Crippen molar-refractivity contribution in [1.29, 1.82) is 0 Å². The van der Waals surface area contributed by atoms with Crippen LogP contribution in [0.1, 0.15) is 16.1 Å². The topological polar surface area (TPSA) is 76.1 Å². The zero-order valence-electron chi connectivity index (χ0n) is 13.6. The summed E-state index contributed by atoms with van der Waals surface area (Å²) < 4.78 is 45.6. The molecule has 1 aliphatic rings. The fourth-order valence-electron chi connectivity index (χ4n) is 2.45. The molecule has 1 aromatic carbocycles. The van der Waals surface area contributed by atoms with E-state index < -0.39 is 29.3 Å². The van der Waals surface area contributed by atoms with Crippen molar-refractivity contribution in [3.63, 3.8) is 0 Å². The van der Waals surface area contributed by atoms with Gasteiger partial charge in [0, 0.05) is 25.0 Å². The Balaban J connectivity index is 1.91. The summed E-state index contributed by atoms with van der Waals surface area (Å²) in [6.45, 7) is 0.883. The standard InChI is InChI=1S/C16H13Cl2F3N4O2/c17-10-2-1-8(5-11(10)18)24-15-23-6-9(14(25-15)16(19,20)21)13(26)12-7-22-3-4-27-12/h1-2,5-6,12,22H,3-4,7H2,(H,23,24,25). The zero-order chi connectivity index (χ0) is 19.6. The van der Waals surface area contributed by atoms with Crippen molar-refractivity contribution in [2.75, 3.05) is 25.0 Å². The third-order valence-corrected chi connectivity index (χ3v) is 4.46. The van der Waals surface area contributed by atoms with Gasteiger partial charge in [0.25, 0.3) is 0 Å². The molecule has 11 heteroatoms. The molecule has 1 aliphatic heterocycles. The molecule has 1 unspecified atom stereocenters. The second kappa shape index (κ2) is 7.97. The number of benzene rings is 1. The molecule has 1 atom stereocenters. The number of nitrogens with one attached hydrogen (secondary N) is 2. The lowest BCUT2D eigenvalue weighted by atomic mass is 10.0. The number of carbonyl (C=O) groups is 1. The van der Waals surface area contributed by atoms with Gasteiger partial charge in [0.1, 0.15) is 6.10 Å². The van der Waals surface area contributed by atoms with Crippen LogP contribution in [0.3, 0.4) is 0 Å². The van der Waals surface area contributed by atoms with E-state index in [9.17, 15) is 18.0 Å². The number of aromatic nitrogens is 2. The molecule has 0 spiro atoms. The van der Waals surface area contributed by atoms with Crippen LogP contribution < -0.4 is 10.6 Å². The number of hydrogen-bond donors (Lipinski definition) is 2. The Hall–Kier alpha value is -1.94. The van der Waals surface area contributed by atoms with Crippen LogP contribution in [0, 0.1) is 0 Å². The molecule has 0 aliphatic carbocycles. The minimum absolute atomic E-state index is 0.124. The van der Waals surface area contributed by atoms with Crippen molar-refractivity contribution < 1.29 is 22.7 Å². The van der Waals surface area contributed by atoms with E-state index in [1.165, 1.54) is 18.2 Å². The van der Waals surface area contributed by atoms with Crippen molar-refractivity contribution in [1.82, 2.24) is 15.3 Å². The van der Waals surface area contributed by atoms with Gasteiger partial charge in [-0.05, 0) is 18.2 Å². The predicted molar refractivity (Wildman–Crippen MR) is 93.7 cm³/mol. The van der Waals surface area contributed by atoms with E-state index in [1.807, 2.05) is 0 Å². The van der Waals surface area contributed by atoms with Gasteiger partial charge in [-0.1, -0.05) is 23.2 Å². The van der Waals surface area contributed by atoms with E-state index in [2.05, 4.69) is 20.6 Å². The largest absolute Gasteiger partial charge is 0.434 e. The van der Waals surface area contributed by atoms with Crippen LogP contribution in [0.15, 0.2) is 24.4 Å². The Labute approximate surface area is 162 Å². The molecule has 0 radical (unpaired) electrons. The lowest BCUT2D eigenvalue weighted by Gasteiger charge is -2.23. The number of morpholine rings is 1. The van der Waals surface area contributed by atoms with Gasteiger partial charge in [0.15, 0.2) is 11.5 Å². The summed E-state index contributed by atoms with van der Waals surface area (Å²) in [5, 5.41) is 6.01. The van der Waals surface area contributed by atoms with Crippen molar-refractivity contribution in [2.45, 2.75) is 12.3 Å². The fourth-order valence-corrected chi connectivity index (χ4v) is 2.75. The molecule has 0 bridgehead atoms. The lowest BCUT2D eigenvalue weighted by Crippen LogP contribution is -2.43. The van der Waals surface area contributed by atoms with Gasteiger partial charge in [-0.15, -0.1) is 0 Å². The van der Waals surface area contributed by atoms with Crippen LogP contribution in [0.25, 0.3) is 0 Å². The van der Waals surface area contributed by atoms with Gasteiger partial charge in [-0.25, -0.2) is 9.97 Å². The molecular weight excluding hydrogens is 408 g/mol. The van der Waals surface area contributed by atoms with Gasteiger partial charge in [-0.3, -0.25) is 4.79 Å². The van der Waals surface area contributed by atoms with E-state index in [-0.39, 0.29) is 24.1 Å². The number of alkyl halides is 3. The van der Waals surface area contributed by atoms with Crippen molar-refractivity contribution in [3.8, 4) is 0 Å². The van der Waals surface area contributed by atoms with Gasteiger partial charge in [0.05, 0.1) is 22.2 Å². The summed E-state index contributed by atoms with van der Waals surface area (Å²) in [6.07, 6.45) is -5.02. The van der Waals surface area contributed by atoms with Crippen molar-refractivity contribution in [2.24, 2.45) is 0 Å². The summed E-state index contributed by atoms with van der Waals surface area (Å²) in [6, 6.07) is 4.40. The number of halogens is 5. The maximum atomic E-state index is 13.4. The molecule has 1 aromatic heterocycles. The van der Waals surface area contributed by atoms with E-state index in [0.717, 1.165) is 6.20 Å². The van der Waals surface area contributed by atoms with Gasteiger partial charge in [0.2, 0.25) is 5.95 Å². The molecule has 0 amide bonds. The fraction of sp³-hybridized carbons (Fsp3) is 0.312. The molecule has 144 valence electrons. The van der Waals surface area contributed by atoms with Crippen LogP contribution in [0.5, 0.6) is 0 Å². The van der Waals surface area contributed by atoms with E-state index >= 15 is 0 Å². The van der Waals surface area contributed by atoms with Crippen LogP contribution >= 0.6 is 23.2 Å². The van der Waals surface area contributed by atoms with E-state index in [4.69, 9.17) is 27.9 Å². The van der Waals surface area contributed by atoms with Crippen LogP contribution in [0.4, 0.5) is 24.8 Å². The molecule has 0 saturated carbocycles. The maximum absolute atomic E-state index is 13.4. The summed E-state index contributed by atoms with van der Waals surface area (Å²) in [5.41, 5.74) is -1.63. The molecule has 27 heavy (non-hydrogen) atoms. The number of rotatable bonds is 4. The summed E-state index contributed by atoms with van der Waals surface area (Å²) in [7, 11) is 0.